The molecule has 4 heteroatoms. The number of hydrogen-bond acceptors (Lipinski definition) is 3. The molecule has 74 valence electrons. The summed E-state index contributed by atoms with van der Waals surface area (Å²) in [5.74, 6) is 0.226. The highest BCUT2D eigenvalue weighted by molar-refractivity contribution is 5.78. The van der Waals surface area contributed by atoms with E-state index in [0.29, 0.717) is 19.6 Å². The van der Waals surface area contributed by atoms with Crippen LogP contribution in [0.3, 0.4) is 0 Å². The minimum Gasteiger partial charge on any atom is -0.390 e. The van der Waals surface area contributed by atoms with Crippen molar-refractivity contribution in [3.8, 4) is 0 Å². The molecule has 0 atom stereocenters. The van der Waals surface area contributed by atoms with Crippen LogP contribution in [0.2, 0.25) is 0 Å². The third-order valence-corrected chi connectivity index (χ3v) is 2.76. The molecule has 2 fully saturated rings. The van der Waals surface area contributed by atoms with Gasteiger partial charge in [-0.05, 0) is 12.8 Å². The summed E-state index contributed by atoms with van der Waals surface area (Å²) in [5, 5.41) is 9.03. The summed E-state index contributed by atoms with van der Waals surface area (Å²) < 4.78 is 0. The number of aliphatic hydroxyl groups is 1. The average molecular weight is 184 g/mol. The van der Waals surface area contributed by atoms with Gasteiger partial charge in [0.15, 0.2) is 0 Å². The first-order valence-electron chi connectivity index (χ1n) is 4.94. The van der Waals surface area contributed by atoms with Crippen LogP contribution < -0.4 is 0 Å². The first-order valence-corrected chi connectivity index (χ1v) is 4.94. The summed E-state index contributed by atoms with van der Waals surface area (Å²) in [6.07, 6.45) is 2.09. The molecule has 0 saturated carbocycles. The average Bonchev–Trinajstić information content (AvgIpc) is 2.53. The highest BCUT2D eigenvalue weighted by atomic mass is 16.3. The molecular weight excluding hydrogens is 168 g/mol. The molecule has 2 heterocycles. The molecule has 0 aliphatic carbocycles. The topological polar surface area (TPSA) is 43.8 Å². The Hall–Kier alpha value is -0.610. The molecule has 0 spiro atoms. The van der Waals surface area contributed by atoms with Crippen LogP contribution in [-0.2, 0) is 4.79 Å². The van der Waals surface area contributed by atoms with Crippen molar-refractivity contribution < 1.29 is 9.90 Å². The second-order valence-electron chi connectivity index (χ2n) is 3.94. The molecular formula is C9H16N2O2. The van der Waals surface area contributed by atoms with Crippen LogP contribution in [0.25, 0.3) is 0 Å². The summed E-state index contributed by atoms with van der Waals surface area (Å²) in [5.41, 5.74) is 0. The number of carbonyl (C=O) groups excluding carboxylic acids is 1. The van der Waals surface area contributed by atoms with Crippen LogP contribution in [-0.4, -0.2) is 59.6 Å². The van der Waals surface area contributed by atoms with Gasteiger partial charge >= 0.3 is 0 Å². The lowest BCUT2D eigenvalue weighted by Gasteiger charge is -2.36. The Balaban J connectivity index is 1.72. The number of carbonyl (C=O) groups is 1. The van der Waals surface area contributed by atoms with Gasteiger partial charge in [-0.1, -0.05) is 0 Å². The lowest BCUT2D eigenvalue weighted by atomic mass is 10.2. The quantitative estimate of drug-likeness (QED) is 0.616. The lowest BCUT2D eigenvalue weighted by molar-refractivity contribution is -0.134. The number of β-amino-alcohol motifs (C(OH)–C–C–N with tert-alkyl or cyclic N) is 1. The highest BCUT2D eigenvalue weighted by Crippen LogP contribution is 2.11. The molecule has 0 aromatic carbocycles. The van der Waals surface area contributed by atoms with Gasteiger partial charge in [0.25, 0.3) is 0 Å². The van der Waals surface area contributed by atoms with Crippen LogP contribution in [0.15, 0.2) is 0 Å². The van der Waals surface area contributed by atoms with Crippen LogP contribution in [0.5, 0.6) is 0 Å². The maximum atomic E-state index is 11.6. The third-order valence-electron chi connectivity index (χ3n) is 2.76. The van der Waals surface area contributed by atoms with Gasteiger partial charge in [0, 0.05) is 26.2 Å². The molecule has 2 rings (SSSR count). The van der Waals surface area contributed by atoms with Crippen molar-refractivity contribution in [1.29, 1.82) is 0 Å². The van der Waals surface area contributed by atoms with Crippen molar-refractivity contribution in [2.75, 3.05) is 32.7 Å². The Labute approximate surface area is 78.1 Å². The molecule has 0 aromatic heterocycles. The minimum atomic E-state index is -0.202. The van der Waals surface area contributed by atoms with E-state index in [4.69, 9.17) is 5.11 Å². The Morgan fingerprint density at radius 3 is 2.46 bits per heavy atom. The van der Waals surface area contributed by atoms with Gasteiger partial charge in [0.2, 0.25) is 5.91 Å². The van der Waals surface area contributed by atoms with E-state index in [2.05, 4.69) is 0 Å². The van der Waals surface area contributed by atoms with E-state index in [1.165, 1.54) is 0 Å². The number of amides is 1. The fraction of sp³-hybridized carbons (Fsp3) is 0.889. The number of likely N-dealkylation sites (tertiary alicyclic amines) is 2. The largest absolute Gasteiger partial charge is 0.390 e. The van der Waals surface area contributed by atoms with E-state index in [9.17, 15) is 4.79 Å². The molecule has 1 N–H and O–H groups in total. The zero-order chi connectivity index (χ0) is 9.26. The summed E-state index contributed by atoms with van der Waals surface area (Å²) in [6, 6.07) is 0. The smallest absolute Gasteiger partial charge is 0.236 e. The van der Waals surface area contributed by atoms with Crippen molar-refractivity contribution in [2.45, 2.75) is 18.9 Å². The van der Waals surface area contributed by atoms with Gasteiger partial charge in [-0.15, -0.1) is 0 Å². The Morgan fingerprint density at radius 1 is 1.31 bits per heavy atom. The van der Waals surface area contributed by atoms with E-state index in [-0.39, 0.29) is 12.0 Å². The van der Waals surface area contributed by atoms with Crippen molar-refractivity contribution in [3.63, 3.8) is 0 Å². The number of rotatable bonds is 2. The van der Waals surface area contributed by atoms with Crippen LogP contribution in [0.4, 0.5) is 0 Å². The van der Waals surface area contributed by atoms with Crippen molar-refractivity contribution >= 4 is 5.91 Å². The van der Waals surface area contributed by atoms with Gasteiger partial charge in [-0.2, -0.15) is 0 Å². The van der Waals surface area contributed by atoms with Crippen LogP contribution in [0.1, 0.15) is 12.8 Å². The maximum Gasteiger partial charge on any atom is 0.236 e. The standard InChI is InChI=1S/C9H16N2O2/c12-8-5-10(6-8)7-9(13)11-3-1-2-4-11/h8,12H,1-7H2. The van der Waals surface area contributed by atoms with Gasteiger partial charge in [0.1, 0.15) is 0 Å². The number of hydrogen-bond donors (Lipinski definition) is 1. The molecule has 1 amide bonds. The van der Waals surface area contributed by atoms with E-state index >= 15 is 0 Å². The van der Waals surface area contributed by atoms with Crippen molar-refractivity contribution in [2.24, 2.45) is 0 Å². The molecule has 2 aliphatic rings. The zero-order valence-electron chi connectivity index (χ0n) is 7.78. The predicted octanol–water partition coefficient (Wildman–Crippen LogP) is -0.715. The van der Waals surface area contributed by atoms with Crippen LogP contribution >= 0.6 is 0 Å². The third kappa shape index (κ3) is 2.00. The monoisotopic (exact) mass is 184 g/mol. The van der Waals surface area contributed by atoms with E-state index < -0.39 is 0 Å². The first-order chi connectivity index (χ1) is 6.25. The second-order valence-corrected chi connectivity index (χ2v) is 3.94. The fourth-order valence-electron chi connectivity index (χ4n) is 1.93. The summed E-state index contributed by atoms with van der Waals surface area (Å²) >= 11 is 0. The van der Waals surface area contributed by atoms with Crippen molar-refractivity contribution in [1.82, 2.24) is 9.80 Å². The van der Waals surface area contributed by atoms with E-state index in [0.717, 1.165) is 25.9 Å². The molecule has 2 aliphatic heterocycles. The molecule has 13 heavy (non-hydrogen) atoms. The van der Waals surface area contributed by atoms with Gasteiger partial charge in [-0.25, -0.2) is 0 Å². The molecule has 0 unspecified atom stereocenters. The van der Waals surface area contributed by atoms with E-state index in [1.54, 1.807) is 0 Å². The summed E-state index contributed by atoms with van der Waals surface area (Å²) in [4.78, 5) is 15.5. The zero-order valence-corrected chi connectivity index (χ0v) is 7.78. The predicted molar refractivity (Wildman–Crippen MR) is 48.3 cm³/mol. The first kappa shape index (κ1) is 8.97. The molecule has 4 nitrogen and oxygen atoms in total. The lowest BCUT2D eigenvalue weighted by Crippen LogP contribution is -2.54. The molecule has 2 saturated heterocycles. The minimum absolute atomic E-state index is 0.202. The highest BCUT2D eigenvalue weighted by Gasteiger charge is 2.28. The summed E-state index contributed by atoms with van der Waals surface area (Å²) in [7, 11) is 0. The molecule has 0 bridgehead atoms. The van der Waals surface area contributed by atoms with Crippen LogP contribution in [0, 0.1) is 0 Å². The van der Waals surface area contributed by atoms with Gasteiger partial charge in [0.05, 0.1) is 12.6 Å². The number of aliphatic hydroxyl groups excluding tert-OH is 1. The molecule has 0 radical (unpaired) electrons. The Morgan fingerprint density at radius 2 is 1.92 bits per heavy atom. The number of nitrogens with zero attached hydrogens (tertiary/aromatic N) is 2. The Bertz CT molecular complexity index is 196. The molecule has 0 aromatic rings. The SMILES string of the molecule is O=C(CN1CC(O)C1)N1CCCC1. The normalized spacial score (nSPS) is 24.8. The van der Waals surface area contributed by atoms with E-state index in [1.807, 2.05) is 9.80 Å². The van der Waals surface area contributed by atoms with Gasteiger partial charge in [-0.3, -0.25) is 9.69 Å². The second kappa shape index (κ2) is 3.64. The summed E-state index contributed by atoms with van der Waals surface area (Å²) in [6.45, 7) is 3.68. The Kier molecular flexibility index (Phi) is 2.51. The van der Waals surface area contributed by atoms with Crippen molar-refractivity contribution in [3.05, 3.63) is 0 Å². The fourth-order valence-corrected chi connectivity index (χ4v) is 1.93. The van der Waals surface area contributed by atoms with Gasteiger partial charge < -0.3 is 10.0 Å². The maximum absolute atomic E-state index is 11.6.